The predicted octanol–water partition coefficient (Wildman–Crippen LogP) is 5.57. The second-order valence-corrected chi connectivity index (χ2v) is 6.57. The zero-order valence-electron chi connectivity index (χ0n) is 9.85. The fourth-order valence-corrected chi connectivity index (χ4v) is 3.20. The number of benzene rings is 2. The molecule has 2 N–H and O–H groups in total. The van der Waals surface area contributed by atoms with Crippen molar-refractivity contribution in [3.05, 3.63) is 54.9 Å². The van der Waals surface area contributed by atoms with E-state index in [9.17, 15) is 13.9 Å². The van der Waals surface area contributed by atoms with Crippen LogP contribution in [0.3, 0.4) is 0 Å². The fraction of sp³-hybridized carbons (Fsp3) is 0.0769. The van der Waals surface area contributed by atoms with Gasteiger partial charge in [0.25, 0.3) is 0 Å². The number of rotatable bonds is 3. The number of aromatic hydroxyl groups is 1. The van der Waals surface area contributed by atoms with Crippen LogP contribution in [0.25, 0.3) is 0 Å². The topological polar surface area (TPSA) is 32.3 Å². The lowest BCUT2D eigenvalue weighted by Gasteiger charge is -2.10. The molecular formula is C13H8Br3F2NO. The van der Waals surface area contributed by atoms with Gasteiger partial charge < -0.3 is 10.4 Å². The lowest BCUT2D eigenvalue weighted by Crippen LogP contribution is -2.02. The van der Waals surface area contributed by atoms with Gasteiger partial charge in [-0.05, 0) is 71.6 Å². The van der Waals surface area contributed by atoms with E-state index >= 15 is 0 Å². The molecule has 0 aliphatic carbocycles. The van der Waals surface area contributed by atoms with E-state index in [4.69, 9.17) is 0 Å². The van der Waals surface area contributed by atoms with Crippen molar-refractivity contribution >= 4 is 53.5 Å². The Morgan fingerprint density at radius 2 is 1.50 bits per heavy atom. The summed E-state index contributed by atoms with van der Waals surface area (Å²) in [6.07, 6.45) is 0. The molecule has 2 aromatic carbocycles. The van der Waals surface area contributed by atoms with Crippen molar-refractivity contribution in [3.63, 3.8) is 0 Å². The van der Waals surface area contributed by atoms with E-state index in [0.717, 1.165) is 11.6 Å². The summed E-state index contributed by atoms with van der Waals surface area (Å²) in [4.78, 5) is 0. The zero-order valence-corrected chi connectivity index (χ0v) is 14.6. The number of anilines is 1. The number of halogens is 5. The van der Waals surface area contributed by atoms with Crippen molar-refractivity contribution in [2.75, 3.05) is 5.32 Å². The third kappa shape index (κ3) is 3.51. The van der Waals surface area contributed by atoms with E-state index < -0.39 is 11.6 Å². The highest BCUT2D eigenvalue weighted by molar-refractivity contribution is 9.11. The number of hydrogen-bond acceptors (Lipinski definition) is 2. The number of phenolic OH excluding ortho intramolecular Hbond substituents is 1. The highest BCUT2D eigenvalue weighted by atomic mass is 79.9. The van der Waals surface area contributed by atoms with Crippen LogP contribution in [-0.2, 0) is 6.54 Å². The molecule has 0 radical (unpaired) electrons. The molecule has 0 aliphatic rings. The Balaban J connectivity index is 2.19. The first kappa shape index (κ1) is 15.7. The average molecular weight is 472 g/mol. The molecule has 0 amide bonds. The molecule has 0 bridgehead atoms. The van der Waals surface area contributed by atoms with Gasteiger partial charge >= 0.3 is 0 Å². The van der Waals surface area contributed by atoms with Crippen LogP contribution in [0.1, 0.15) is 5.56 Å². The summed E-state index contributed by atoms with van der Waals surface area (Å²) in [6.45, 7) is 0.326. The molecule has 0 atom stereocenters. The lowest BCUT2D eigenvalue weighted by molar-refractivity contribution is 0.468. The van der Waals surface area contributed by atoms with E-state index in [0.29, 0.717) is 15.5 Å². The molecule has 106 valence electrons. The predicted molar refractivity (Wildman–Crippen MR) is 84.9 cm³/mol. The summed E-state index contributed by atoms with van der Waals surface area (Å²) in [6, 6.07) is 5.58. The monoisotopic (exact) mass is 469 g/mol. The molecule has 0 aliphatic heterocycles. The molecule has 2 nitrogen and oxygen atoms in total. The smallest absolute Gasteiger partial charge is 0.149 e. The van der Waals surface area contributed by atoms with Gasteiger partial charge in [-0.2, -0.15) is 0 Å². The van der Waals surface area contributed by atoms with E-state index in [1.165, 1.54) is 6.07 Å². The summed E-state index contributed by atoms with van der Waals surface area (Å²) in [5, 5.41) is 12.5. The summed E-state index contributed by atoms with van der Waals surface area (Å²) < 4.78 is 27.9. The minimum absolute atomic E-state index is 0.101. The maximum absolute atomic E-state index is 13.6. The van der Waals surface area contributed by atoms with E-state index in [2.05, 4.69) is 53.1 Å². The molecule has 2 rings (SSSR count). The molecule has 0 unspecified atom stereocenters. The van der Waals surface area contributed by atoms with Crippen molar-refractivity contribution in [3.8, 4) is 5.75 Å². The Bertz CT molecular complexity index is 641. The Morgan fingerprint density at radius 1 is 0.900 bits per heavy atom. The maximum atomic E-state index is 13.6. The van der Waals surface area contributed by atoms with Crippen LogP contribution in [0.4, 0.5) is 14.5 Å². The highest BCUT2D eigenvalue weighted by Gasteiger charge is 2.09. The van der Waals surface area contributed by atoms with Gasteiger partial charge in [0.15, 0.2) is 0 Å². The molecule has 0 spiro atoms. The summed E-state index contributed by atoms with van der Waals surface area (Å²) in [7, 11) is 0. The minimum atomic E-state index is -0.664. The Hall–Kier alpha value is -0.660. The largest absolute Gasteiger partial charge is 0.506 e. The van der Waals surface area contributed by atoms with Crippen LogP contribution in [0.5, 0.6) is 5.75 Å². The van der Waals surface area contributed by atoms with Crippen LogP contribution in [0.15, 0.2) is 37.7 Å². The van der Waals surface area contributed by atoms with Crippen LogP contribution < -0.4 is 5.32 Å². The summed E-state index contributed by atoms with van der Waals surface area (Å²) in [5.41, 5.74) is 1.01. The Labute approximate surface area is 139 Å². The van der Waals surface area contributed by atoms with Crippen molar-refractivity contribution in [1.82, 2.24) is 0 Å². The third-order valence-electron chi connectivity index (χ3n) is 2.57. The zero-order chi connectivity index (χ0) is 14.9. The maximum Gasteiger partial charge on any atom is 0.149 e. The molecule has 7 heteroatoms. The summed E-state index contributed by atoms with van der Waals surface area (Å²) in [5.74, 6) is -1.21. The number of hydrogen-bond donors (Lipinski definition) is 2. The SMILES string of the molecule is Oc1c(Br)cc(CNc2cc(Br)c(F)cc2F)cc1Br. The first-order valence-corrected chi connectivity index (χ1v) is 7.81. The molecule has 0 saturated heterocycles. The first-order valence-electron chi connectivity index (χ1n) is 5.44. The van der Waals surface area contributed by atoms with Crippen molar-refractivity contribution in [2.24, 2.45) is 0 Å². The van der Waals surface area contributed by atoms with Gasteiger partial charge in [-0.3, -0.25) is 0 Å². The molecule has 2 aromatic rings. The molecule has 20 heavy (non-hydrogen) atoms. The van der Waals surface area contributed by atoms with Gasteiger partial charge in [0.2, 0.25) is 0 Å². The van der Waals surface area contributed by atoms with Gasteiger partial charge in [0.05, 0.1) is 19.1 Å². The van der Waals surface area contributed by atoms with Gasteiger partial charge in [0.1, 0.15) is 17.4 Å². The van der Waals surface area contributed by atoms with Gasteiger partial charge in [-0.15, -0.1) is 0 Å². The third-order valence-corrected chi connectivity index (χ3v) is 4.39. The van der Waals surface area contributed by atoms with Crippen molar-refractivity contribution < 1.29 is 13.9 Å². The lowest BCUT2D eigenvalue weighted by atomic mass is 10.2. The van der Waals surface area contributed by atoms with E-state index in [-0.39, 0.29) is 15.9 Å². The minimum Gasteiger partial charge on any atom is -0.506 e. The highest BCUT2D eigenvalue weighted by Crippen LogP contribution is 2.33. The second kappa shape index (κ2) is 6.41. The van der Waals surface area contributed by atoms with E-state index in [1.807, 2.05) is 0 Å². The fourth-order valence-electron chi connectivity index (χ4n) is 1.58. The van der Waals surface area contributed by atoms with Gasteiger partial charge in [-0.25, -0.2) is 8.78 Å². The Kier molecular flexibility index (Phi) is 5.04. The molecule has 0 saturated carbocycles. The molecular weight excluding hydrogens is 464 g/mol. The van der Waals surface area contributed by atoms with Gasteiger partial charge in [0, 0.05) is 12.6 Å². The van der Waals surface area contributed by atoms with Crippen LogP contribution in [0, 0.1) is 11.6 Å². The number of nitrogens with one attached hydrogen (secondary N) is 1. The van der Waals surface area contributed by atoms with Crippen molar-refractivity contribution in [2.45, 2.75) is 6.54 Å². The first-order chi connectivity index (χ1) is 9.38. The average Bonchev–Trinajstić information content (AvgIpc) is 2.38. The normalized spacial score (nSPS) is 10.7. The van der Waals surface area contributed by atoms with Gasteiger partial charge in [-0.1, -0.05) is 0 Å². The quantitative estimate of drug-likeness (QED) is 0.574. The second-order valence-electron chi connectivity index (χ2n) is 4.01. The molecule has 0 heterocycles. The van der Waals surface area contributed by atoms with Crippen molar-refractivity contribution in [1.29, 1.82) is 0 Å². The standard InChI is InChI=1S/C13H8Br3F2NO/c14-7-3-12(11(18)4-10(7)17)19-5-6-1-8(15)13(20)9(16)2-6/h1-4,19-20H,5H2. The van der Waals surface area contributed by atoms with E-state index in [1.54, 1.807) is 12.1 Å². The van der Waals surface area contributed by atoms with Crippen LogP contribution in [-0.4, -0.2) is 5.11 Å². The molecule has 0 fully saturated rings. The Morgan fingerprint density at radius 3 is 2.10 bits per heavy atom. The molecule has 0 aromatic heterocycles. The van der Waals surface area contributed by atoms with Crippen LogP contribution in [0.2, 0.25) is 0 Å². The summed E-state index contributed by atoms with van der Waals surface area (Å²) >= 11 is 9.45. The number of phenols is 1. The van der Waals surface area contributed by atoms with Crippen LogP contribution >= 0.6 is 47.8 Å².